The van der Waals surface area contributed by atoms with Gasteiger partial charge in [0.2, 0.25) is 0 Å². The number of rotatable bonds is 2. The van der Waals surface area contributed by atoms with E-state index in [1.807, 2.05) is 31.2 Å². The molecule has 2 rings (SSSR count). The summed E-state index contributed by atoms with van der Waals surface area (Å²) in [5, 5.41) is 8.99. The minimum atomic E-state index is -0.732. The number of nitrogens with zero attached hydrogens (tertiary/aromatic N) is 1. The van der Waals surface area contributed by atoms with Crippen LogP contribution in [-0.2, 0) is 4.79 Å². The molecule has 0 aromatic heterocycles. The fraction of sp³-hybridized carbons (Fsp3) is 0.462. The molecule has 0 radical (unpaired) electrons. The van der Waals surface area contributed by atoms with E-state index in [1.165, 1.54) is 5.56 Å². The molecule has 0 aliphatic carbocycles. The van der Waals surface area contributed by atoms with Gasteiger partial charge in [0.15, 0.2) is 0 Å². The van der Waals surface area contributed by atoms with E-state index in [0.717, 1.165) is 5.69 Å². The maximum atomic E-state index is 10.9. The van der Waals surface area contributed by atoms with Crippen molar-refractivity contribution in [2.45, 2.75) is 25.9 Å². The summed E-state index contributed by atoms with van der Waals surface area (Å²) in [6.45, 7) is 2.76. The fourth-order valence-electron chi connectivity index (χ4n) is 2.41. The summed E-state index contributed by atoms with van der Waals surface area (Å²) < 4.78 is 0. The van der Waals surface area contributed by atoms with Gasteiger partial charge in [-0.25, -0.2) is 0 Å². The van der Waals surface area contributed by atoms with Crippen LogP contribution in [0.5, 0.6) is 0 Å². The Hall–Kier alpha value is -1.55. The zero-order valence-corrected chi connectivity index (χ0v) is 9.97. The minimum absolute atomic E-state index is 0.203. The first kappa shape index (κ1) is 11.9. The molecule has 1 aliphatic heterocycles. The van der Waals surface area contributed by atoms with Crippen LogP contribution in [0.15, 0.2) is 24.3 Å². The van der Waals surface area contributed by atoms with Crippen molar-refractivity contribution in [3.05, 3.63) is 29.8 Å². The van der Waals surface area contributed by atoms with E-state index in [1.54, 1.807) is 0 Å². The summed E-state index contributed by atoms with van der Waals surface area (Å²) in [5.41, 5.74) is 8.36. The molecule has 4 nitrogen and oxygen atoms in total. The second-order valence-electron chi connectivity index (χ2n) is 4.61. The van der Waals surface area contributed by atoms with E-state index in [9.17, 15) is 4.79 Å². The van der Waals surface area contributed by atoms with E-state index in [4.69, 9.17) is 10.8 Å². The number of hydrogen-bond acceptors (Lipinski definition) is 3. The van der Waals surface area contributed by atoms with Gasteiger partial charge in [-0.2, -0.15) is 0 Å². The van der Waals surface area contributed by atoms with Gasteiger partial charge < -0.3 is 15.7 Å². The van der Waals surface area contributed by atoms with Crippen LogP contribution in [0, 0.1) is 12.8 Å². The Morgan fingerprint density at radius 1 is 1.47 bits per heavy atom. The Kier molecular flexibility index (Phi) is 3.33. The van der Waals surface area contributed by atoms with Crippen LogP contribution in [-0.4, -0.2) is 23.8 Å². The Morgan fingerprint density at radius 2 is 2.18 bits per heavy atom. The first-order valence-electron chi connectivity index (χ1n) is 5.90. The molecule has 1 aromatic carbocycles. The number of hydrogen-bond donors (Lipinski definition) is 2. The first-order chi connectivity index (χ1) is 8.09. The molecule has 4 heteroatoms. The highest BCUT2D eigenvalue weighted by Gasteiger charge is 2.30. The number of carboxylic acid groups (broad SMARTS) is 1. The number of piperidine rings is 1. The molecule has 92 valence electrons. The second kappa shape index (κ2) is 4.75. The number of carboxylic acids is 1. The third kappa shape index (κ3) is 2.42. The lowest BCUT2D eigenvalue weighted by Crippen LogP contribution is -2.49. The third-order valence-electron chi connectivity index (χ3n) is 3.42. The number of nitrogens with two attached hydrogens (primary N) is 1. The van der Waals surface area contributed by atoms with Crippen LogP contribution in [0.1, 0.15) is 18.4 Å². The largest absolute Gasteiger partial charge is 0.481 e. The van der Waals surface area contributed by atoms with Crippen LogP contribution >= 0.6 is 0 Å². The van der Waals surface area contributed by atoms with Gasteiger partial charge in [-0.3, -0.25) is 4.79 Å². The van der Waals surface area contributed by atoms with Crippen molar-refractivity contribution in [2.24, 2.45) is 11.7 Å². The second-order valence-corrected chi connectivity index (χ2v) is 4.61. The lowest BCUT2D eigenvalue weighted by Gasteiger charge is -2.38. The van der Waals surface area contributed by atoms with E-state index in [0.29, 0.717) is 19.4 Å². The smallest absolute Gasteiger partial charge is 0.306 e. The van der Waals surface area contributed by atoms with Crippen molar-refractivity contribution in [2.75, 3.05) is 11.4 Å². The summed E-state index contributed by atoms with van der Waals surface area (Å²) in [6.07, 6.45) is 0.979. The summed E-state index contributed by atoms with van der Waals surface area (Å²) in [4.78, 5) is 13.0. The zero-order valence-electron chi connectivity index (χ0n) is 9.97. The molecule has 1 aromatic rings. The van der Waals surface area contributed by atoms with E-state index in [-0.39, 0.29) is 12.1 Å². The van der Waals surface area contributed by atoms with Gasteiger partial charge in [-0.05, 0) is 31.4 Å². The molecule has 2 atom stereocenters. The number of para-hydroxylation sites is 1. The molecule has 1 heterocycles. The number of anilines is 1. The van der Waals surface area contributed by atoms with Gasteiger partial charge in [0.1, 0.15) is 0 Å². The number of carbonyl (C=O) groups is 1. The summed E-state index contributed by atoms with van der Waals surface area (Å²) in [6, 6.07) is 8.06. The quantitative estimate of drug-likeness (QED) is 0.815. The Labute approximate surface area is 101 Å². The van der Waals surface area contributed by atoms with E-state index >= 15 is 0 Å². The molecule has 0 bridgehead atoms. The first-order valence-corrected chi connectivity index (χ1v) is 5.90. The van der Waals surface area contributed by atoms with Crippen LogP contribution in [0.3, 0.4) is 0 Å². The van der Waals surface area contributed by atoms with Crippen molar-refractivity contribution in [1.29, 1.82) is 0 Å². The topological polar surface area (TPSA) is 66.6 Å². The number of aryl methyl sites for hydroxylation is 1. The lowest BCUT2D eigenvalue weighted by atomic mass is 9.94. The van der Waals surface area contributed by atoms with Gasteiger partial charge in [-0.15, -0.1) is 0 Å². The third-order valence-corrected chi connectivity index (χ3v) is 3.42. The highest BCUT2D eigenvalue weighted by molar-refractivity contribution is 5.70. The molecule has 17 heavy (non-hydrogen) atoms. The van der Waals surface area contributed by atoms with E-state index in [2.05, 4.69) is 4.90 Å². The number of aliphatic carboxylic acids is 1. The van der Waals surface area contributed by atoms with Gasteiger partial charge in [0.05, 0.1) is 12.1 Å². The monoisotopic (exact) mass is 234 g/mol. The average molecular weight is 234 g/mol. The van der Waals surface area contributed by atoms with Crippen molar-refractivity contribution >= 4 is 11.7 Å². The Balaban J connectivity index is 2.15. The fourth-order valence-corrected chi connectivity index (χ4v) is 2.41. The van der Waals surface area contributed by atoms with Crippen LogP contribution < -0.4 is 10.6 Å². The summed E-state index contributed by atoms with van der Waals surface area (Å²) >= 11 is 0. The molecule has 0 amide bonds. The van der Waals surface area contributed by atoms with Crippen molar-refractivity contribution in [3.8, 4) is 0 Å². The molecular formula is C13H18N2O2. The summed E-state index contributed by atoms with van der Waals surface area (Å²) in [5.74, 6) is -1.03. The Bertz CT molecular complexity index is 420. The maximum Gasteiger partial charge on any atom is 0.306 e. The highest BCUT2D eigenvalue weighted by Crippen LogP contribution is 2.28. The van der Waals surface area contributed by atoms with Gasteiger partial charge in [-0.1, -0.05) is 18.2 Å². The molecule has 1 saturated heterocycles. The van der Waals surface area contributed by atoms with Crippen LogP contribution in [0.4, 0.5) is 5.69 Å². The molecule has 1 aliphatic rings. The molecule has 0 saturated carbocycles. The highest BCUT2D eigenvalue weighted by atomic mass is 16.4. The van der Waals surface area contributed by atoms with Gasteiger partial charge in [0.25, 0.3) is 0 Å². The predicted molar refractivity (Wildman–Crippen MR) is 66.9 cm³/mol. The van der Waals surface area contributed by atoms with Gasteiger partial charge >= 0.3 is 5.97 Å². The maximum absolute atomic E-state index is 10.9. The molecular weight excluding hydrogens is 216 g/mol. The van der Waals surface area contributed by atoms with Crippen LogP contribution in [0.2, 0.25) is 0 Å². The van der Waals surface area contributed by atoms with Crippen molar-refractivity contribution in [1.82, 2.24) is 0 Å². The van der Waals surface area contributed by atoms with Gasteiger partial charge in [0, 0.05) is 12.2 Å². The Morgan fingerprint density at radius 3 is 2.76 bits per heavy atom. The SMILES string of the molecule is Cc1ccccc1N1CCC(C(=O)O)CC1N. The van der Waals surface area contributed by atoms with Crippen molar-refractivity contribution in [3.63, 3.8) is 0 Å². The van der Waals surface area contributed by atoms with Crippen molar-refractivity contribution < 1.29 is 9.90 Å². The molecule has 2 unspecified atom stereocenters. The minimum Gasteiger partial charge on any atom is -0.481 e. The lowest BCUT2D eigenvalue weighted by molar-refractivity contribution is -0.142. The molecule has 1 fully saturated rings. The normalized spacial score (nSPS) is 24.7. The predicted octanol–water partition coefficient (Wildman–Crippen LogP) is 1.58. The average Bonchev–Trinajstić information content (AvgIpc) is 2.30. The van der Waals surface area contributed by atoms with E-state index < -0.39 is 5.97 Å². The summed E-state index contributed by atoms with van der Waals surface area (Å²) in [7, 11) is 0. The molecule has 0 spiro atoms. The van der Waals surface area contributed by atoms with Crippen LogP contribution in [0.25, 0.3) is 0 Å². The number of benzene rings is 1. The zero-order chi connectivity index (χ0) is 12.4. The standard InChI is InChI=1S/C13H18N2O2/c1-9-4-2-3-5-11(9)15-7-6-10(13(16)17)8-12(15)14/h2-5,10,12H,6-8,14H2,1H3,(H,16,17). The molecule has 3 N–H and O–H groups in total.